The summed E-state index contributed by atoms with van der Waals surface area (Å²) < 4.78 is 0. The predicted octanol–water partition coefficient (Wildman–Crippen LogP) is 3.99. The van der Waals surface area contributed by atoms with E-state index in [-0.39, 0.29) is 29.8 Å². The molecule has 1 aliphatic carbocycles. The molecule has 0 bridgehead atoms. The molecule has 4 amide bonds. The molecule has 0 aromatic rings. The van der Waals surface area contributed by atoms with Crippen molar-refractivity contribution in [2.24, 2.45) is 11.3 Å². The molecule has 160 valence electrons. The normalized spacial score (nSPS) is 26.5. The molecule has 1 spiro atoms. The minimum Gasteiger partial charge on any atom is -0.352 e. The Labute approximate surface area is 170 Å². The number of imide groups is 1. The predicted molar refractivity (Wildman–Crippen MR) is 111 cm³/mol. The third-order valence-corrected chi connectivity index (χ3v) is 7.05. The molecule has 28 heavy (non-hydrogen) atoms. The molecule has 1 unspecified atom stereocenters. The van der Waals surface area contributed by atoms with Gasteiger partial charge in [-0.15, -0.1) is 0 Å². The van der Waals surface area contributed by atoms with Crippen LogP contribution in [0.25, 0.3) is 0 Å². The van der Waals surface area contributed by atoms with E-state index in [1.54, 1.807) is 0 Å². The number of rotatable bonds is 9. The summed E-state index contributed by atoms with van der Waals surface area (Å²) in [6.45, 7) is 10.7. The second-order valence-corrected chi connectivity index (χ2v) is 9.48. The topological polar surface area (TPSA) is 78.5 Å². The van der Waals surface area contributed by atoms with Gasteiger partial charge in [0.25, 0.3) is 5.91 Å². The number of hydrogen-bond acceptors (Lipinski definition) is 3. The van der Waals surface area contributed by atoms with Gasteiger partial charge in [0.2, 0.25) is 5.91 Å². The van der Waals surface area contributed by atoms with Crippen LogP contribution in [0.4, 0.5) is 4.79 Å². The van der Waals surface area contributed by atoms with Crippen LogP contribution >= 0.6 is 0 Å². The molecule has 2 rings (SSSR count). The Morgan fingerprint density at radius 1 is 1.25 bits per heavy atom. The van der Waals surface area contributed by atoms with Gasteiger partial charge in [0.05, 0.1) is 0 Å². The van der Waals surface area contributed by atoms with Crippen LogP contribution < -0.4 is 10.6 Å². The fourth-order valence-electron chi connectivity index (χ4n) is 4.58. The van der Waals surface area contributed by atoms with Gasteiger partial charge in [-0.3, -0.25) is 14.5 Å². The lowest BCUT2D eigenvalue weighted by atomic mass is 9.65. The zero-order valence-corrected chi connectivity index (χ0v) is 18.4. The van der Waals surface area contributed by atoms with Crippen molar-refractivity contribution in [3.8, 4) is 0 Å². The number of nitrogens with one attached hydrogen (secondary N) is 2. The highest BCUT2D eigenvalue weighted by Gasteiger charge is 2.53. The SMILES string of the molecule is CCCCCC(C)NC(=O)CN1C(=O)NC2(CCC(C(C)(C)CC)CC2)C1=O. The molecule has 0 aromatic heterocycles. The van der Waals surface area contributed by atoms with Gasteiger partial charge in [-0.1, -0.05) is 53.4 Å². The largest absolute Gasteiger partial charge is 0.352 e. The zero-order valence-electron chi connectivity index (χ0n) is 18.4. The van der Waals surface area contributed by atoms with Crippen LogP contribution in [0.3, 0.4) is 0 Å². The lowest BCUT2D eigenvalue weighted by molar-refractivity contribution is -0.136. The number of carbonyl (C=O) groups is 3. The molecule has 1 heterocycles. The summed E-state index contributed by atoms with van der Waals surface area (Å²) in [4.78, 5) is 38.9. The lowest BCUT2D eigenvalue weighted by Crippen LogP contribution is -2.51. The molecule has 6 nitrogen and oxygen atoms in total. The second kappa shape index (κ2) is 9.27. The fraction of sp³-hybridized carbons (Fsp3) is 0.864. The summed E-state index contributed by atoms with van der Waals surface area (Å²) in [6, 6.07) is -0.368. The van der Waals surface area contributed by atoms with Crippen LogP contribution in [-0.2, 0) is 9.59 Å². The first-order valence-corrected chi connectivity index (χ1v) is 11.1. The maximum absolute atomic E-state index is 13.0. The van der Waals surface area contributed by atoms with E-state index in [1.807, 2.05) is 6.92 Å². The van der Waals surface area contributed by atoms with Gasteiger partial charge in [0, 0.05) is 6.04 Å². The Morgan fingerprint density at radius 3 is 2.46 bits per heavy atom. The lowest BCUT2D eigenvalue weighted by Gasteiger charge is -2.42. The molecule has 6 heteroatoms. The zero-order chi connectivity index (χ0) is 20.9. The van der Waals surface area contributed by atoms with Crippen molar-refractivity contribution < 1.29 is 14.4 Å². The average Bonchev–Trinajstić information content (AvgIpc) is 2.86. The molecule has 0 radical (unpaired) electrons. The highest BCUT2D eigenvalue weighted by atomic mass is 16.2. The van der Waals surface area contributed by atoms with Crippen molar-refractivity contribution in [3.05, 3.63) is 0 Å². The monoisotopic (exact) mass is 393 g/mol. The summed E-state index contributed by atoms with van der Waals surface area (Å²) in [7, 11) is 0. The van der Waals surface area contributed by atoms with E-state index in [0.717, 1.165) is 49.8 Å². The van der Waals surface area contributed by atoms with Crippen LogP contribution in [0.15, 0.2) is 0 Å². The first-order chi connectivity index (χ1) is 13.1. The van der Waals surface area contributed by atoms with Crippen molar-refractivity contribution in [1.29, 1.82) is 0 Å². The summed E-state index contributed by atoms with van der Waals surface area (Å²) >= 11 is 0. The van der Waals surface area contributed by atoms with E-state index in [0.29, 0.717) is 18.8 Å². The Balaban J connectivity index is 1.90. The number of amides is 4. The molecule has 2 N–H and O–H groups in total. The van der Waals surface area contributed by atoms with Crippen LogP contribution in [-0.4, -0.2) is 40.9 Å². The fourth-order valence-corrected chi connectivity index (χ4v) is 4.58. The molecular formula is C22H39N3O3. The summed E-state index contributed by atoms with van der Waals surface area (Å²) in [5.74, 6) is 0.0820. The molecule has 1 saturated heterocycles. The van der Waals surface area contributed by atoms with Crippen molar-refractivity contribution in [2.75, 3.05) is 6.54 Å². The minimum absolute atomic E-state index is 0.0560. The molecule has 2 aliphatic rings. The number of hydrogen-bond donors (Lipinski definition) is 2. The molecule has 1 saturated carbocycles. The third-order valence-electron chi connectivity index (χ3n) is 7.05. The standard InChI is InChI=1S/C22H39N3O3/c1-6-8-9-10-16(3)23-18(26)15-25-19(27)22(24-20(25)28)13-11-17(12-14-22)21(4,5)7-2/h16-17H,6-15H2,1-5H3,(H,23,26)(H,24,28). The summed E-state index contributed by atoms with van der Waals surface area (Å²) in [5.41, 5.74) is -0.550. The van der Waals surface area contributed by atoms with Crippen LogP contribution in [0.1, 0.15) is 92.4 Å². The van der Waals surface area contributed by atoms with Gasteiger partial charge in [-0.25, -0.2) is 4.79 Å². The maximum Gasteiger partial charge on any atom is 0.325 e. The van der Waals surface area contributed by atoms with Crippen molar-refractivity contribution in [2.45, 2.75) is 104 Å². The Morgan fingerprint density at radius 2 is 1.89 bits per heavy atom. The van der Waals surface area contributed by atoms with Gasteiger partial charge < -0.3 is 10.6 Å². The van der Waals surface area contributed by atoms with E-state index in [4.69, 9.17) is 0 Å². The maximum atomic E-state index is 13.0. The average molecular weight is 394 g/mol. The molecule has 0 aromatic carbocycles. The quantitative estimate of drug-likeness (QED) is 0.459. The first-order valence-electron chi connectivity index (χ1n) is 11.1. The highest BCUT2D eigenvalue weighted by Crippen LogP contribution is 2.45. The molecule has 1 atom stereocenters. The van der Waals surface area contributed by atoms with Crippen LogP contribution in [0.2, 0.25) is 0 Å². The number of unbranched alkanes of at least 4 members (excludes halogenated alkanes) is 2. The van der Waals surface area contributed by atoms with Gasteiger partial charge in [-0.05, 0) is 50.4 Å². The van der Waals surface area contributed by atoms with E-state index in [9.17, 15) is 14.4 Å². The van der Waals surface area contributed by atoms with Gasteiger partial charge >= 0.3 is 6.03 Å². The summed E-state index contributed by atoms with van der Waals surface area (Å²) in [5, 5.41) is 5.84. The molecular weight excluding hydrogens is 354 g/mol. The van der Waals surface area contributed by atoms with Crippen LogP contribution in [0, 0.1) is 11.3 Å². The second-order valence-electron chi connectivity index (χ2n) is 9.48. The van der Waals surface area contributed by atoms with E-state index >= 15 is 0 Å². The van der Waals surface area contributed by atoms with Gasteiger partial charge in [0.1, 0.15) is 12.1 Å². The van der Waals surface area contributed by atoms with E-state index in [2.05, 4.69) is 38.3 Å². The Kier molecular flexibility index (Phi) is 7.52. The first kappa shape index (κ1) is 22.7. The third kappa shape index (κ3) is 5.06. The van der Waals surface area contributed by atoms with Crippen molar-refractivity contribution in [3.63, 3.8) is 0 Å². The number of carbonyl (C=O) groups excluding carboxylic acids is 3. The van der Waals surface area contributed by atoms with E-state index in [1.165, 1.54) is 0 Å². The van der Waals surface area contributed by atoms with Crippen molar-refractivity contribution in [1.82, 2.24) is 15.5 Å². The molecule has 1 aliphatic heterocycles. The van der Waals surface area contributed by atoms with Gasteiger partial charge in [0.15, 0.2) is 0 Å². The highest BCUT2D eigenvalue weighted by molar-refractivity contribution is 6.09. The Bertz CT molecular complexity index is 580. The van der Waals surface area contributed by atoms with Gasteiger partial charge in [-0.2, -0.15) is 0 Å². The minimum atomic E-state index is -0.801. The van der Waals surface area contributed by atoms with Crippen molar-refractivity contribution >= 4 is 17.8 Å². The number of urea groups is 1. The summed E-state index contributed by atoms with van der Waals surface area (Å²) in [6.07, 6.45) is 8.57. The van der Waals surface area contributed by atoms with Crippen LogP contribution in [0.5, 0.6) is 0 Å². The smallest absolute Gasteiger partial charge is 0.325 e. The van der Waals surface area contributed by atoms with E-state index < -0.39 is 11.6 Å². The Hall–Kier alpha value is -1.59. The number of nitrogens with zero attached hydrogens (tertiary/aromatic N) is 1. The molecule has 2 fully saturated rings.